The number of benzene rings is 1. The summed E-state index contributed by atoms with van der Waals surface area (Å²) in [5, 5.41) is 11.0. The molecule has 19 heavy (non-hydrogen) atoms. The fourth-order valence-corrected chi connectivity index (χ4v) is 2.69. The Kier molecular flexibility index (Phi) is 4.02. The number of carbonyl (C=O) groups is 1. The Labute approximate surface area is 121 Å². The third-order valence-electron chi connectivity index (χ3n) is 3.23. The molecule has 0 spiro atoms. The third kappa shape index (κ3) is 3.19. The average molecular weight is 300 g/mol. The van der Waals surface area contributed by atoms with Crippen molar-refractivity contribution in [3.05, 3.63) is 33.3 Å². The monoisotopic (exact) mass is 299 g/mol. The first-order valence-electron chi connectivity index (χ1n) is 5.96. The molecule has 2 atom stereocenters. The van der Waals surface area contributed by atoms with Crippen LogP contribution < -0.4 is 11.1 Å². The molecule has 0 radical (unpaired) electrons. The first-order valence-corrected chi connectivity index (χ1v) is 6.72. The van der Waals surface area contributed by atoms with Crippen LogP contribution in [0.4, 0.5) is 0 Å². The Morgan fingerprint density at radius 2 is 2.21 bits per heavy atom. The molecular formula is C13H15Cl2N3O. The number of carbonyl (C=O) groups excluding carboxylic acids is 1. The SMILES string of the molecule is Cc1cc(Cl)cc(C2CC2C(=O)NCC(=N)N)c1Cl. The van der Waals surface area contributed by atoms with Crippen molar-refractivity contribution in [1.29, 1.82) is 5.41 Å². The lowest BCUT2D eigenvalue weighted by Gasteiger charge is -2.08. The van der Waals surface area contributed by atoms with E-state index in [2.05, 4.69) is 5.32 Å². The highest BCUT2D eigenvalue weighted by molar-refractivity contribution is 6.34. The standard InChI is InChI=1S/C13H15Cl2N3O/c1-6-2-7(14)3-9(12(6)15)8-4-10(8)13(19)18-5-11(16)17/h2-3,8,10H,4-5H2,1H3,(H3,16,17)(H,18,19). The van der Waals surface area contributed by atoms with Gasteiger partial charge in [-0.25, -0.2) is 0 Å². The predicted molar refractivity (Wildman–Crippen MR) is 77.0 cm³/mol. The van der Waals surface area contributed by atoms with Crippen molar-refractivity contribution in [3.63, 3.8) is 0 Å². The van der Waals surface area contributed by atoms with E-state index in [9.17, 15) is 4.79 Å². The summed E-state index contributed by atoms with van der Waals surface area (Å²) in [6, 6.07) is 3.63. The molecule has 4 N–H and O–H groups in total. The lowest BCUT2D eigenvalue weighted by molar-refractivity contribution is -0.122. The summed E-state index contributed by atoms with van der Waals surface area (Å²) in [7, 11) is 0. The molecule has 1 aromatic rings. The van der Waals surface area contributed by atoms with Gasteiger partial charge >= 0.3 is 0 Å². The summed E-state index contributed by atoms with van der Waals surface area (Å²) in [4.78, 5) is 11.8. The molecular weight excluding hydrogens is 285 g/mol. The summed E-state index contributed by atoms with van der Waals surface area (Å²) in [6.45, 7) is 1.98. The Hall–Kier alpha value is -1.26. The minimum atomic E-state index is -0.102. The average Bonchev–Trinajstić information content (AvgIpc) is 3.10. The second kappa shape index (κ2) is 5.39. The Bertz CT molecular complexity index is 545. The van der Waals surface area contributed by atoms with Crippen molar-refractivity contribution >= 4 is 34.9 Å². The van der Waals surface area contributed by atoms with Crippen LogP contribution in [0.5, 0.6) is 0 Å². The lowest BCUT2D eigenvalue weighted by atomic mass is 10.1. The van der Waals surface area contributed by atoms with Crippen LogP contribution in [0.15, 0.2) is 12.1 Å². The molecule has 1 fully saturated rings. The van der Waals surface area contributed by atoms with E-state index in [4.69, 9.17) is 34.3 Å². The summed E-state index contributed by atoms with van der Waals surface area (Å²) in [5.41, 5.74) is 7.04. The van der Waals surface area contributed by atoms with E-state index in [-0.39, 0.29) is 30.1 Å². The molecule has 1 aliphatic carbocycles. The normalized spacial score (nSPS) is 21.0. The minimum absolute atomic E-state index is 0.0535. The molecule has 4 nitrogen and oxygen atoms in total. The topological polar surface area (TPSA) is 79.0 Å². The van der Waals surface area contributed by atoms with Crippen molar-refractivity contribution in [2.45, 2.75) is 19.3 Å². The van der Waals surface area contributed by atoms with Gasteiger partial charge < -0.3 is 11.1 Å². The van der Waals surface area contributed by atoms with Crippen LogP contribution in [0.2, 0.25) is 10.0 Å². The van der Waals surface area contributed by atoms with Gasteiger partial charge in [-0.2, -0.15) is 0 Å². The van der Waals surface area contributed by atoms with Crippen LogP contribution in [0.1, 0.15) is 23.5 Å². The molecule has 1 aromatic carbocycles. The number of hydrogen-bond donors (Lipinski definition) is 3. The zero-order valence-electron chi connectivity index (χ0n) is 10.5. The summed E-state index contributed by atoms with van der Waals surface area (Å²) in [6.07, 6.45) is 0.753. The highest BCUT2D eigenvalue weighted by atomic mass is 35.5. The van der Waals surface area contributed by atoms with Gasteiger partial charge in [0.05, 0.1) is 6.54 Å². The van der Waals surface area contributed by atoms with Gasteiger partial charge in [-0.3, -0.25) is 10.2 Å². The second-order valence-corrected chi connectivity index (χ2v) is 5.63. The van der Waals surface area contributed by atoms with Crippen molar-refractivity contribution in [2.24, 2.45) is 11.7 Å². The number of amidine groups is 1. The number of nitrogens with two attached hydrogens (primary N) is 1. The van der Waals surface area contributed by atoms with Crippen molar-refractivity contribution in [2.75, 3.05) is 6.54 Å². The molecule has 6 heteroatoms. The molecule has 1 saturated carbocycles. The number of nitrogens with one attached hydrogen (secondary N) is 2. The van der Waals surface area contributed by atoms with Gasteiger partial charge in [0.25, 0.3) is 0 Å². The largest absolute Gasteiger partial charge is 0.386 e. The maximum atomic E-state index is 11.8. The summed E-state index contributed by atoms with van der Waals surface area (Å²) in [5.74, 6) is -0.136. The van der Waals surface area contributed by atoms with Crippen molar-refractivity contribution < 1.29 is 4.79 Å². The summed E-state index contributed by atoms with van der Waals surface area (Å²) >= 11 is 12.3. The van der Waals surface area contributed by atoms with E-state index < -0.39 is 0 Å². The molecule has 1 amide bonds. The molecule has 2 unspecified atom stereocenters. The number of amides is 1. The van der Waals surface area contributed by atoms with Gasteiger partial charge in [0, 0.05) is 16.0 Å². The zero-order chi connectivity index (χ0) is 14.2. The number of hydrogen-bond acceptors (Lipinski definition) is 2. The molecule has 2 rings (SSSR count). The maximum Gasteiger partial charge on any atom is 0.224 e. The molecule has 0 aliphatic heterocycles. The van der Waals surface area contributed by atoms with E-state index in [1.807, 2.05) is 13.0 Å². The molecule has 0 heterocycles. The maximum absolute atomic E-state index is 11.8. The van der Waals surface area contributed by atoms with Crippen LogP contribution >= 0.6 is 23.2 Å². The van der Waals surface area contributed by atoms with Crippen LogP contribution in [0.3, 0.4) is 0 Å². The highest BCUT2D eigenvalue weighted by Gasteiger charge is 2.45. The van der Waals surface area contributed by atoms with Crippen LogP contribution in [0.25, 0.3) is 0 Å². The van der Waals surface area contributed by atoms with Gasteiger partial charge in [0.2, 0.25) is 5.91 Å². The quantitative estimate of drug-likeness (QED) is 0.590. The van der Waals surface area contributed by atoms with Crippen LogP contribution in [-0.2, 0) is 4.79 Å². The molecule has 102 valence electrons. The molecule has 0 bridgehead atoms. The zero-order valence-corrected chi connectivity index (χ0v) is 12.0. The highest BCUT2D eigenvalue weighted by Crippen LogP contribution is 2.50. The van der Waals surface area contributed by atoms with E-state index in [0.29, 0.717) is 10.0 Å². The molecule has 0 aromatic heterocycles. The summed E-state index contributed by atoms with van der Waals surface area (Å²) < 4.78 is 0. The Balaban J connectivity index is 2.07. The molecule has 1 aliphatic rings. The van der Waals surface area contributed by atoms with Crippen LogP contribution in [-0.4, -0.2) is 18.3 Å². The van der Waals surface area contributed by atoms with Gasteiger partial charge in [-0.05, 0) is 42.5 Å². The first kappa shape index (κ1) is 14.2. The van der Waals surface area contributed by atoms with Gasteiger partial charge in [0.15, 0.2) is 0 Å². The van der Waals surface area contributed by atoms with Gasteiger partial charge in [-0.15, -0.1) is 0 Å². The van der Waals surface area contributed by atoms with Crippen LogP contribution in [0, 0.1) is 18.3 Å². The van der Waals surface area contributed by atoms with Crippen molar-refractivity contribution in [1.82, 2.24) is 5.32 Å². The van der Waals surface area contributed by atoms with Crippen molar-refractivity contribution in [3.8, 4) is 0 Å². The first-order chi connectivity index (χ1) is 8.90. The van der Waals surface area contributed by atoms with E-state index >= 15 is 0 Å². The molecule has 0 saturated heterocycles. The number of aryl methyl sites for hydroxylation is 1. The number of halogens is 2. The number of rotatable bonds is 4. The fourth-order valence-electron chi connectivity index (χ4n) is 2.16. The minimum Gasteiger partial charge on any atom is -0.386 e. The van der Waals surface area contributed by atoms with E-state index in [1.54, 1.807) is 6.07 Å². The lowest BCUT2D eigenvalue weighted by Crippen LogP contribution is -2.34. The smallest absolute Gasteiger partial charge is 0.224 e. The van der Waals surface area contributed by atoms with Gasteiger partial charge in [-0.1, -0.05) is 23.2 Å². The van der Waals surface area contributed by atoms with Gasteiger partial charge in [0.1, 0.15) is 5.84 Å². The fraction of sp³-hybridized carbons (Fsp3) is 0.385. The Morgan fingerprint density at radius 3 is 2.84 bits per heavy atom. The van der Waals surface area contributed by atoms with E-state index in [0.717, 1.165) is 17.5 Å². The van der Waals surface area contributed by atoms with E-state index in [1.165, 1.54) is 0 Å². The Morgan fingerprint density at radius 1 is 1.53 bits per heavy atom. The predicted octanol–water partition coefficient (Wildman–Crippen LogP) is 2.46. The second-order valence-electron chi connectivity index (χ2n) is 4.82. The third-order valence-corrected chi connectivity index (χ3v) is 3.96.